The van der Waals surface area contributed by atoms with Crippen LogP contribution < -0.4 is 0 Å². The van der Waals surface area contributed by atoms with Gasteiger partial charge in [0.1, 0.15) is 0 Å². The first-order chi connectivity index (χ1) is 5.68. The van der Waals surface area contributed by atoms with Crippen LogP contribution in [0.15, 0.2) is 0 Å². The maximum Gasteiger partial charge on any atom is 0.333 e. The third kappa shape index (κ3) is 3.02. The summed E-state index contributed by atoms with van der Waals surface area (Å²) in [4.78, 5) is 21.0. The van der Waals surface area contributed by atoms with E-state index in [1.807, 2.05) is 0 Å². The topological polar surface area (TPSA) is 94.8 Å². The summed E-state index contributed by atoms with van der Waals surface area (Å²) in [7, 11) is 0. The summed E-state index contributed by atoms with van der Waals surface area (Å²) in [5, 5.41) is 26.3. The smallest absolute Gasteiger partial charge is 0.333 e. The lowest BCUT2D eigenvalue weighted by Crippen LogP contribution is -2.42. The number of aliphatic carboxylic acids is 2. The zero-order chi connectivity index (χ0) is 10.8. The highest BCUT2D eigenvalue weighted by Gasteiger charge is 2.40. The van der Waals surface area contributed by atoms with Gasteiger partial charge in [0.15, 0.2) is 6.10 Å². The van der Waals surface area contributed by atoms with Gasteiger partial charge in [-0.3, -0.25) is 4.79 Å². The molecule has 0 aliphatic rings. The zero-order valence-corrected chi connectivity index (χ0v) is 7.81. The number of carboxylic acid groups (broad SMARTS) is 2. The Bertz CT molecular complexity index is 215. The Hall–Kier alpha value is -1.10. The van der Waals surface area contributed by atoms with Crippen molar-refractivity contribution in [2.45, 2.75) is 26.9 Å². The monoisotopic (exact) mass is 190 g/mol. The molecular formula is C8H14O5. The maximum absolute atomic E-state index is 10.7. The van der Waals surface area contributed by atoms with Gasteiger partial charge in [-0.25, -0.2) is 4.79 Å². The molecule has 0 saturated heterocycles. The Balaban J connectivity index is 4.83. The molecule has 0 radical (unpaired) electrons. The second kappa shape index (κ2) is 3.74. The average Bonchev–Trinajstić information content (AvgIpc) is 1.82. The van der Waals surface area contributed by atoms with Crippen LogP contribution in [0.2, 0.25) is 0 Å². The van der Waals surface area contributed by atoms with Crippen molar-refractivity contribution in [2.75, 3.05) is 0 Å². The molecule has 2 atom stereocenters. The molecule has 5 heteroatoms. The predicted octanol–water partition coefficient (Wildman–Crippen LogP) is 0.179. The van der Waals surface area contributed by atoms with E-state index in [0.717, 1.165) is 0 Å². The van der Waals surface area contributed by atoms with E-state index in [0.29, 0.717) is 0 Å². The van der Waals surface area contributed by atoms with Gasteiger partial charge in [-0.2, -0.15) is 0 Å². The van der Waals surface area contributed by atoms with Gasteiger partial charge in [-0.1, -0.05) is 20.8 Å². The quantitative estimate of drug-likeness (QED) is 0.590. The van der Waals surface area contributed by atoms with Gasteiger partial charge in [0.05, 0.1) is 5.92 Å². The second-order valence-electron chi connectivity index (χ2n) is 3.97. The third-order valence-electron chi connectivity index (χ3n) is 1.77. The molecule has 0 fully saturated rings. The van der Waals surface area contributed by atoms with Gasteiger partial charge in [0, 0.05) is 0 Å². The van der Waals surface area contributed by atoms with Crippen LogP contribution in [0, 0.1) is 11.3 Å². The van der Waals surface area contributed by atoms with Crippen LogP contribution in [-0.2, 0) is 9.59 Å². The van der Waals surface area contributed by atoms with E-state index >= 15 is 0 Å². The number of hydrogen-bond donors (Lipinski definition) is 3. The molecule has 0 aliphatic carbocycles. The minimum Gasteiger partial charge on any atom is -0.481 e. The van der Waals surface area contributed by atoms with Gasteiger partial charge in [0.25, 0.3) is 0 Å². The summed E-state index contributed by atoms with van der Waals surface area (Å²) in [6.07, 6.45) is -1.86. The van der Waals surface area contributed by atoms with Crippen LogP contribution in [-0.4, -0.2) is 33.4 Å². The third-order valence-corrected chi connectivity index (χ3v) is 1.77. The van der Waals surface area contributed by atoms with E-state index in [-0.39, 0.29) is 0 Å². The van der Waals surface area contributed by atoms with Crippen LogP contribution in [0.4, 0.5) is 0 Å². The normalized spacial score (nSPS) is 16.3. The Kier molecular flexibility index (Phi) is 3.42. The molecule has 0 aliphatic heterocycles. The van der Waals surface area contributed by atoms with Crippen LogP contribution in [0.1, 0.15) is 20.8 Å². The highest BCUT2D eigenvalue weighted by Crippen LogP contribution is 2.29. The molecule has 0 heterocycles. The van der Waals surface area contributed by atoms with Gasteiger partial charge in [-0.05, 0) is 5.41 Å². The molecule has 2 unspecified atom stereocenters. The Morgan fingerprint density at radius 1 is 1.08 bits per heavy atom. The largest absolute Gasteiger partial charge is 0.481 e. The molecule has 13 heavy (non-hydrogen) atoms. The molecule has 0 saturated carbocycles. The number of aliphatic hydroxyl groups is 1. The van der Waals surface area contributed by atoms with Gasteiger partial charge < -0.3 is 15.3 Å². The standard InChI is InChI=1S/C8H14O5/c1-8(2,3)4(6(10)11)5(9)7(12)13/h4-5,9H,1-3H3,(H,10,11)(H,12,13). The van der Waals surface area contributed by atoms with E-state index in [4.69, 9.17) is 15.3 Å². The molecular weight excluding hydrogens is 176 g/mol. The van der Waals surface area contributed by atoms with Crippen molar-refractivity contribution in [3.8, 4) is 0 Å². The van der Waals surface area contributed by atoms with Crippen molar-refractivity contribution in [2.24, 2.45) is 11.3 Å². The van der Waals surface area contributed by atoms with E-state index < -0.39 is 29.4 Å². The summed E-state index contributed by atoms with van der Waals surface area (Å²) >= 11 is 0. The lowest BCUT2D eigenvalue weighted by molar-refractivity contribution is -0.164. The van der Waals surface area contributed by atoms with Crippen molar-refractivity contribution in [3.63, 3.8) is 0 Å². The molecule has 3 N–H and O–H groups in total. The lowest BCUT2D eigenvalue weighted by Gasteiger charge is -2.28. The van der Waals surface area contributed by atoms with Crippen LogP contribution in [0.5, 0.6) is 0 Å². The lowest BCUT2D eigenvalue weighted by atomic mass is 9.77. The Labute approximate surface area is 76.0 Å². The summed E-state index contributed by atoms with van der Waals surface area (Å²) < 4.78 is 0. The van der Waals surface area contributed by atoms with E-state index in [2.05, 4.69) is 0 Å². The molecule has 5 nitrogen and oxygen atoms in total. The summed E-state index contributed by atoms with van der Waals surface area (Å²) in [5.74, 6) is -4.12. The summed E-state index contributed by atoms with van der Waals surface area (Å²) in [6, 6.07) is 0. The van der Waals surface area contributed by atoms with Gasteiger partial charge >= 0.3 is 11.9 Å². The predicted molar refractivity (Wildman–Crippen MR) is 44.2 cm³/mol. The molecule has 0 aromatic heterocycles. The number of rotatable bonds is 3. The minimum atomic E-state index is -1.86. The Morgan fingerprint density at radius 3 is 1.54 bits per heavy atom. The molecule has 0 amide bonds. The van der Waals surface area contributed by atoms with Crippen molar-refractivity contribution in [1.82, 2.24) is 0 Å². The number of carbonyl (C=O) groups is 2. The number of carboxylic acids is 2. The van der Waals surface area contributed by atoms with E-state index in [1.165, 1.54) is 0 Å². The molecule has 0 spiro atoms. The second-order valence-corrected chi connectivity index (χ2v) is 3.97. The van der Waals surface area contributed by atoms with Crippen molar-refractivity contribution < 1.29 is 24.9 Å². The summed E-state index contributed by atoms with van der Waals surface area (Å²) in [5.41, 5.74) is -0.788. The fourth-order valence-corrected chi connectivity index (χ4v) is 1.12. The summed E-state index contributed by atoms with van der Waals surface area (Å²) in [6.45, 7) is 4.70. The van der Waals surface area contributed by atoms with Crippen molar-refractivity contribution in [3.05, 3.63) is 0 Å². The molecule has 76 valence electrons. The number of hydrogen-bond acceptors (Lipinski definition) is 3. The van der Waals surface area contributed by atoms with Crippen LogP contribution >= 0.6 is 0 Å². The average molecular weight is 190 g/mol. The fourth-order valence-electron chi connectivity index (χ4n) is 1.12. The van der Waals surface area contributed by atoms with E-state index in [9.17, 15) is 9.59 Å². The first kappa shape index (κ1) is 11.9. The van der Waals surface area contributed by atoms with Gasteiger partial charge in [0.2, 0.25) is 0 Å². The van der Waals surface area contributed by atoms with Crippen LogP contribution in [0.25, 0.3) is 0 Å². The van der Waals surface area contributed by atoms with Crippen molar-refractivity contribution >= 4 is 11.9 Å². The van der Waals surface area contributed by atoms with E-state index in [1.54, 1.807) is 20.8 Å². The SMILES string of the molecule is CC(C)(C)C(C(=O)O)C(O)C(=O)O. The zero-order valence-electron chi connectivity index (χ0n) is 7.81. The molecule has 0 rings (SSSR count). The first-order valence-corrected chi connectivity index (χ1v) is 3.81. The maximum atomic E-state index is 10.7. The fraction of sp³-hybridized carbons (Fsp3) is 0.750. The van der Waals surface area contributed by atoms with Crippen LogP contribution in [0.3, 0.4) is 0 Å². The molecule has 0 aromatic carbocycles. The first-order valence-electron chi connectivity index (χ1n) is 3.81. The Morgan fingerprint density at radius 2 is 1.46 bits per heavy atom. The minimum absolute atomic E-state index is 0.788. The molecule has 0 bridgehead atoms. The molecule has 0 aromatic rings. The van der Waals surface area contributed by atoms with Gasteiger partial charge in [-0.15, -0.1) is 0 Å². The number of aliphatic hydroxyl groups excluding tert-OH is 1. The highest BCUT2D eigenvalue weighted by molar-refractivity contribution is 5.82. The highest BCUT2D eigenvalue weighted by atomic mass is 16.4. The van der Waals surface area contributed by atoms with Crippen molar-refractivity contribution in [1.29, 1.82) is 0 Å².